The van der Waals surface area contributed by atoms with E-state index in [0.29, 0.717) is 11.9 Å². The topological polar surface area (TPSA) is 53.9 Å². The van der Waals surface area contributed by atoms with Gasteiger partial charge >= 0.3 is 0 Å². The Labute approximate surface area is 117 Å². The second-order valence-corrected chi connectivity index (χ2v) is 4.49. The van der Waals surface area contributed by atoms with Crippen molar-refractivity contribution in [3.05, 3.63) is 35.1 Å². The summed E-state index contributed by atoms with van der Waals surface area (Å²) >= 11 is 5.91. The molecule has 1 heterocycles. The molecule has 1 aromatic carbocycles. The highest BCUT2D eigenvalue weighted by atomic mass is 35.5. The van der Waals surface area contributed by atoms with Gasteiger partial charge in [0, 0.05) is 19.3 Å². The number of nitrogens with one attached hydrogen (secondary N) is 1. The molecular formula is C13H16ClN5. The molecule has 0 unspecified atom stereocenters. The SMILES string of the molecule is CCNc1nc(Cl)nc(N(C)c2ccc(C)cc2)n1. The van der Waals surface area contributed by atoms with E-state index in [4.69, 9.17) is 11.6 Å². The smallest absolute Gasteiger partial charge is 0.235 e. The fourth-order valence-corrected chi connectivity index (χ4v) is 1.77. The van der Waals surface area contributed by atoms with Crippen molar-refractivity contribution in [2.24, 2.45) is 0 Å². The molecule has 100 valence electrons. The first-order valence-electron chi connectivity index (χ1n) is 6.06. The lowest BCUT2D eigenvalue weighted by molar-refractivity contribution is 0.973. The number of benzene rings is 1. The predicted octanol–water partition coefficient (Wildman–Crippen LogP) is 3.03. The molecule has 0 spiro atoms. The summed E-state index contributed by atoms with van der Waals surface area (Å²) < 4.78 is 0. The number of hydrogen-bond acceptors (Lipinski definition) is 5. The van der Waals surface area contributed by atoms with Crippen LogP contribution in [0.4, 0.5) is 17.6 Å². The highest BCUT2D eigenvalue weighted by Crippen LogP contribution is 2.22. The minimum absolute atomic E-state index is 0.180. The lowest BCUT2D eigenvalue weighted by atomic mass is 10.2. The molecule has 0 aliphatic carbocycles. The van der Waals surface area contributed by atoms with Gasteiger partial charge in [0.25, 0.3) is 0 Å². The molecule has 0 atom stereocenters. The van der Waals surface area contributed by atoms with Gasteiger partial charge in [0.2, 0.25) is 17.2 Å². The molecule has 0 amide bonds. The highest BCUT2D eigenvalue weighted by molar-refractivity contribution is 6.28. The van der Waals surface area contributed by atoms with E-state index >= 15 is 0 Å². The summed E-state index contributed by atoms with van der Waals surface area (Å²) in [5.74, 6) is 0.997. The third-order valence-electron chi connectivity index (χ3n) is 2.65. The minimum Gasteiger partial charge on any atom is -0.354 e. The fourth-order valence-electron chi connectivity index (χ4n) is 1.61. The molecule has 0 saturated heterocycles. The first-order valence-corrected chi connectivity index (χ1v) is 6.44. The van der Waals surface area contributed by atoms with Crippen molar-refractivity contribution in [2.75, 3.05) is 23.8 Å². The van der Waals surface area contributed by atoms with Gasteiger partial charge in [-0.1, -0.05) is 17.7 Å². The maximum Gasteiger partial charge on any atom is 0.235 e. The summed E-state index contributed by atoms with van der Waals surface area (Å²) in [6, 6.07) is 8.11. The highest BCUT2D eigenvalue weighted by Gasteiger charge is 2.10. The van der Waals surface area contributed by atoms with Gasteiger partial charge in [-0.05, 0) is 37.6 Å². The minimum atomic E-state index is 0.180. The number of hydrogen-bond donors (Lipinski definition) is 1. The van der Waals surface area contributed by atoms with Crippen LogP contribution >= 0.6 is 11.6 Å². The van der Waals surface area contributed by atoms with Crippen molar-refractivity contribution in [1.82, 2.24) is 15.0 Å². The molecule has 1 N–H and O–H groups in total. The van der Waals surface area contributed by atoms with Crippen molar-refractivity contribution in [1.29, 1.82) is 0 Å². The summed E-state index contributed by atoms with van der Waals surface area (Å²) in [6.45, 7) is 4.75. The molecule has 1 aromatic heterocycles. The number of rotatable bonds is 4. The van der Waals surface area contributed by atoms with Crippen LogP contribution < -0.4 is 10.2 Å². The average Bonchev–Trinajstić information content (AvgIpc) is 2.38. The number of anilines is 3. The molecule has 0 bridgehead atoms. The van der Waals surface area contributed by atoms with E-state index in [-0.39, 0.29) is 5.28 Å². The normalized spacial score (nSPS) is 10.3. The Balaban J connectivity index is 2.32. The summed E-state index contributed by atoms with van der Waals surface area (Å²) in [7, 11) is 1.89. The van der Waals surface area contributed by atoms with E-state index in [1.54, 1.807) is 0 Å². The van der Waals surface area contributed by atoms with E-state index < -0.39 is 0 Å². The molecule has 2 aromatic rings. The maximum absolute atomic E-state index is 5.91. The second-order valence-electron chi connectivity index (χ2n) is 4.15. The molecule has 5 nitrogen and oxygen atoms in total. The van der Waals surface area contributed by atoms with Crippen LogP contribution in [0.5, 0.6) is 0 Å². The van der Waals surface area contributed by atoms with Gasteiger partial charge in [0.1, 0.15) is 0 Å². The largest absolute Gasteiger partial charge is 0.354 e. The van der Waals surface area contributed by atoms with E-state index in [1.165, 1.54) is 5.56 Å². The van der Waals surface area contributed by atoms with E-state index in [1.807, 2.05) is 50.1 Å². The fraction of sp³-hybridized carbons (Fsp3) is 0.308. The molecule has 0 aliphatic heterocycles. The summed E-state index contributed by atoms with van der Waals surface area (Å²) in [4.78, 5) is 14.4. The second kappa shape index (κ2) is 5.84. The Hall–Kier alpha value is -1.88. The van der Waals surface area contributed by atoms with Crippen molar-refractivity contribution in [2.45, 2.75) is 13.8 Å². The number of aryl methyl sites for hydroxylation is 1. The zero-order chi connectivity index (χ0) is 13.8. The van der Waals surface area contributed by atoms with Gasteiger partial charge in [-0.3, -0.25) is 0 Å². The van der Waals surface area contributed by atoms with Gasteiger partial charge < -0.3 is 10.2 Å². The molecular weight excluding hydrogens is 262 g/mol. The average molecular weight is 278 g/mol. The van der Waals surface area contributed by atoms with Gasteiger partial charge in [0.05, 0.1) is 0 Å². The zero-order valence-electron chi connectivity index (χ0n) is 11.2. The van der Waals surface area contributed by atoms with Crippen LogP contribution in [0.1, 0.15) is 12.5 Å². The van der Waals surface area contributed by atoms with Gasteiger partial charge in [-0.2, -0.15) is 15.0 Å². The Morgan fingerprint density at radius 3 is 2.47 bits per heavy atom. The maximum atomic E-state index is 5.91. The van der Waals surface area contributed by atoms with Gasteiger partial charge in [-0.15, -0.1) is 0 Å². The van der Waals surface area contributed by atoms with E-state index in [9.17, 15) is 0 Å². The Bertz CT molecular complexity index is 555. The summed E-state index contributed by atoms with van der Waals surface area (Å²) in [6.07, 6.45) is 0. The molecule has 0 aliphatic rings. The first-order chi connectivity index (χ1) is 9.10. The van der Waals surface area contributed by atoms with Gasteiger partial charge in [-0.25, -0.2) is 0 Å². The van der Waals surface area contributed by atoms with E-state index in [0.717, 1.165) is 12.2 Å². The van der Waals surface area contributed by atoms with Crippen molar-refractivity contribution in [3.63, 3.8) is 0 Å². The summed E-state index contributed by atoms with van der Waals surface area (Å²) in [5, 5.41) is 3.21. The number of halogens is 1. The van der Waals surface area contributed by atoms with Crippen LogP contribution in [0.3, 0.4) is 0 Å². The number of aromatic nitrogens is 3. The standard InChI is InChI=1S/C13H16ClN5/c1-4-15-12-16-11(14)17-13(18-12)19(3)10-7-5-9(2)6-8-10/h5-8H,4H2,1-3H3,(H,15,16,17,18). The molecule has 0 fully saturated rings. The van der Waals surface area contributed by atoms with Crippen LogP contribution in [0.2, 0.25) is 5.28 Å². The van der Waals surface area contributed by atoms with Crippen molar-refractivity contribution >= 4 is 29.2 Å². The lowest BCUT2D eigenvalue weighted by Crippen LogP contribution is -2.15. The predicted molar refractivity (Wildman–Crippen MR) is 78.2 cm³/mol. The Morgan fingerprint density at radius 1 is 1.16 bits per heavy atom. The molecule has 6 heteroatoms. The number of nitrogens with zero attached hydrogens (tertiary/aromatic N) is 4. The molecule has 0 radical (unpaired) electrons. The van der Waals surface area contributed by atoms with Crippen molar-refractivity contribution in [3.8, 4) is 0 Å². The van der Waals surface area contributed by atoms with Crippen LogP contribution in [0.15, 0.2) is 24.3 Å². The summed E-state index contributed by atoms with van der Waals surface area (Å²) in [5.41, 5.74) is 2.20. The van der Waals surface area contributed by atoms with Crippen LogP contribution in [0, 0.1) is 6.92 Å². The third-order valence-corrected chi connectivity index (χ3v) is 2.82. The monoisotopic (exact) mass is 277 g/mol. The van der Waals surface area contributed by atoms with Gasteiger partial charge in [0.15, 0.2) is 0 Å². The van der Waals surface area contributed by atoms with E-state index in [2.05, 4.69) is 20.3 Å². The molecule has 2 rings (SSSR count). The van der Waals surface area contributed by atoms with Crippen molar-refractivity contribution < 1.29 is 0 Å². The van der Waals surface area contributed by atoms with Crippen LogP contribution in [-0.2, 0) is 0 Å². The molecule has 19 heavy (non-hydrogen) atoms. The van der Waals surface area contributed by atoms with Crippen LogP contribution in [0.25, 0.3) is 0 Å². The van der Waals surface area contributed by atoms with Crippen LogP contribution in [-0.4, -0.2) is 28.5 Å². The Morgan fingerprint density at radius 2 is 1.84 bits per heavy atom. The third kappa shape index (κ3) is 3.32. The zero-order valence-corrected chi connectivity index (χ0v) is 11.9. The first kappa shape index (κ1) is 13.5. The lowest BCUT2D eigenvalue weighted by Gasteiger charge is -2.17. The molecule has 0 saturated carbocycles. The Kier molecular flexibility index (Phi) is 4.16. The quantitative estimate of drug-likeness (QED) is 0.931.